The zero-order valence-electron chi connectivity index (χ0n) is 10.6. The summed E-state index contributed by atoms with van der Waals surface area (Å²) >= 11 is 3.37. The summed E-state index contributed by atoms with van der Waals surface area (Å²) in [4.78, 5) is 11.5. The quantitative estimate of drug-likeness (QED) is 0.927. The van der Waals surface area contributed by atoms with Crippen LogP contribution in [0.3, 0.4) is 0 Å². The van der Waals surface area contributed by atoms with Crippen molar-refractivity contribution < 1.29 is 14.1 Å². The third-order valence-electron chi connectivity index (χ3n) is 2.47. The van der Waals surface area contributed by atoms with E-state index in [0.717, 1.165) is 10.0 Å². The van der Waals surface area contributed by atoms with Gasteiger partial charge in [-0.05, 0) is 38.1 Å². The van der Waals surface area contributed by atoms with Gasteiger partial charge in [-0.15, -0.1) is 0 Å². The monoisotopic (exact) mass is 324 g/mol. The highest BCUT2D eigenvalue weighted by atomic mass is 79.9. The van der Waals surface area contributed by atoms with Crippen LogP contribution in [0.2, 0.25) is 0 Å². The molecule has 0 aliphatic heterocycles. The molecule has 1 heterocycles. The van der Waals surface area contributed by atoms with Crippen LogP contribution in [-0.2, 0) is 4.74 Å². The van der Waals surface area contributed by atoms with E-state index in [0.29, 0.717) is 23.7 Å². The Morgan fingerprint density at radius 1 is 1.42 bits per heavy atom. The highest BCUT2D eigenvalue weighted by Crippen LogP contribution is 2.31. The summed E-state index contributed by atoms with van der Waals surface area (Å²) in [5.74, 6) is 0.512. The van der Waals surface area contributed by atoms with E-state index in [1.54, 1.807) is 13.8 Å². The smallest absolute Gasteiger partial charge is 0.411 e. The number of rotatable bonds is 3. The molecule has 0 saturated carbocycles. The van der Waals surface area contributed by atoms with Gasteiger partial charge in [0.2, 0.25) is 0 Å². The number of halogens is 1. The molecular weight excluding hydrogens is 312 g/mol. The number of aryl methyl sites for hydroxylation is 1. The second kappa shape index (κ2) is 5.88. The second-order valence-electron chi connectivity index (χ2n) is 3.82. The van der Waals surface area contributed by atoms with Gasteiger partial charge in [0, 0.05) is 10.0 Å². The fourth-order valence-electron chi connectivity index (χ4n) is 1.58. The molecule has 2 aromatic rings. The number of hydrogen-bond donors (Lipinski definition) is 1. The Hall–Kier alpha value is -1.82. The first-order valence-electron chi connectivity index (χ1n) is 5.77. The summed E-state index contributed by atoms with van der Waals surface area (Å²) in [7, 11) is 0. The number of ether oxygens (including phenoxy) is 1. The molecule has 0 bridgehead atoms. The van der Waals surface area contributed by atoms with Crippen LogP contribution < -0.4 is 5.32 Å². The molecule has 19 heavy (non-hydrogen) atoms. The van der Waals surface area contributed by atoms with Crippen molar-refractivity contribution >= 4 is 27.7 Å². The SMILES string of the molecule is CCOC(=O)Nc1c(C)noc1-c1ccc(Br)cc1. The molecule has 2 rings (SSSR count). The van der Waals surface area contributed by atoms with Crippen LogP contribution in [0.1, 0.15) is 12.6 Å². The number of benzene rings is 1. The van der Waals surface area contributed by atoms with Gasteiger partial charge in [-0.2, -0.15) is 0 Å². The Kier molecular flexibility index (Phi) is 4.21. The summed E-state index contributed by atoms with van der Waals surface area (Å²) in [6.07, 6.45) is -0.521. The highest BCUT2D eigenvalue weighted by molar-refractivity contribution is 9.10. The van der Waals surface area contributed by atoms with Gasteiger partial charge in [-0.1, -0.05) is 21.1 Å². The van der Waals surface area contributed by atoms with Crippen molar-refractivity contribution in [2.24, 2.45) is 0 Å². The minimum Gasteiger partial charge on any atom is -0.450 e. The maximum absolute atomic E-state index is 11.5. The number of nitrogens with one attached hydrogen (secondary N) is 1. The molecule has 1 aromatic heterocycles. The van der Waals surface area contributed by atoms with Crippen LogP contribution in [-0.4, -0.2) is 17.9 Å². The average Bonchev–Trinajstić information content (AvgIpc) is 2.73. The molecule has 100 valence electrons. The van der Waals surface area contributed by atoms with Gasteiger partial charge in [0.15, 0.2) is 5.76 Å². The lowest BCUT2D eigenvalue weighted by Gasteiger charge is -2.05. The van der Waals surface area contributed by atoms with Gasteiger partial charge in [0.05, 0.1) is 6.61 Å². The maximum Gasteiger partial charge on any atom is 0.411 e. The normalized spacial score (nSPS) is 10.3. The second-order valence-corrected chi connectivity index (χ2v) is 4.74. The zero-order valence-corrected chi connectivity index (χ0v) is 12.2. The van der Waals surface area contributed by atoms with E-state index in [1.165, 1.54) is 0 Å². The molecule has 0 aliphatic carbocycles. The van der Waals surface area contributed by atoms with Gasteiger partial charge in [0.1, 0.15) is 11.4 Å². The first kappa shape index (κ1) is 13.6. The molecular formula is C13H13BrN2O3. The Balaban J connectivity index is 2.31. The van der Waals surface area contributed by atoms with Gasteiger partial charge in [0.25, 0.3) is 0 Å². The zero-order chi connectivity index (χ0) is 13.8. The van der Waals surface area contributed by atoms with Gasteiger partial charge >= 0.3 is 6.09 Å². The maximum atomic E-state index is 11.5. The Morgan fingerprint density at radius 3 is 2.74 bits per heavy atom. The fraction of sp³-hybridized carbons (Fsp3) is 0.231. The van der Waals surface area contributed by atoms with Crippen LogP contribution in [0.25, 0.3) is 11.3 Å². The largest absolute Gasteiger partial charge is 0.450 e. The number of nitrogens with zero attached hydrogens (tertiary/aromatic N) is 1. The summed E-state index contributed by atoms with van der Waals surface area (Å²) in [6, 6.07) is 7.53. The molecule has 0 aliphatic rings. The van der Waals surface area contributed by atoms with E-state index in [9.17, 15) is 4.79 Å². The van der Waals surface area contributed by atoms with Gasteiger partial charge < -0.3 is 9.26 Å². The van der Waals surface area contributed by atoms with E-state index in [1.807, 2.05) is 24.3 Å². The van der Waals surface area contributed by atoms with Crippen molar-refractivity contribution in [2.75, 3.05) is 11.9 Å². The molecule has 0 radical (unpaired) electrons. The summed E-state index contributed by atoms with van der Waals surface area (Å²) in [5, 5.41) is 6.52. The lowest BCUT2D eigenvalue weighted by Crippen LogP contribution is -2.14. The lowest BCUT2D eigenvalue weighted by atomic mass is 10.1. The topological polar surface area (TPSA) is 64.4 Å². The van der Waals surface area contributed by atoms with Crippen LogP contribution in [0, 0.1) is 6.92 Å². The molecule has 0 saturated heterocycles. The van der Waals surface area contributed by atoms with Gasteiger partial charge in [-0.3, -0.25) is 5.32 Å². The summed E-state index contributed by atoms with van der Waals surface area (Å²) in [5.41, 5.74) is 1.96. The lowest BCUT2D eigenvalue weighted by molar-refractivity contribution is 0.168. The van der Waals surface area contributed by atoms with E-state index in [2.05, 4.69) is 26.4 Å². The minimum absolute atomic E-state index is 0.309. The molecule has 0 atom stereocenters. The van der Waals surface area contributed by atoms with Crippen molar-refractivity contribution in [3.63, 3.8) is 0 Å². The summed E-state index contributed by atoms with van der Waals surface area (Å²) in [6.45, 7) is 3.81. The van der Waals surface area contributed by atoms with Crippen molar-refractivity contribution in [1.29, 1.82) is 0 Å². The van der Waals surface area contributed by atoms with Crippen LogP contribution >= 0.6 is 15.9 Å². The van der Waals surface area contributed by atoms with Crippen molar-refractivity contribution in [1.82, 2.24) is 5.16 Å². The third kappa shape index (κ3) is 3.14. The standard InChI is InChI=1S/C13H13BrN2O3/c1-3-18-13(17)15-11-8(2)16-19-12(11)9-4-6-10(14)7-5-9/h4-7H,3H2,1-2H3,(H,15,17). The van der Waals surface area contributed by atoms with Crippen molar-refractivity contribution in [3.05, 3.63) is 34.4 Å². The summed E-state index contributed by atoms with van der Waals surface area (Å²) < 4.78 is 11.1. The first-order valence-corrected chi connectivity index (χ1v) is 6.57. The molecule has 1 N–H and O–H groups in total. The molecule has 0 spiro atoms. The molecule has 1 amide bonds. The van der Waals surface area contributed by atoms with E-state index in [4.69, 9.17) is 9.26 Å². The highest BCUT2D eigenvalue weighted by Gasteiger charge is 2.17. The van der Waals surface area contributed by atoms with E-state index < -0.39 is 6.09 Å². The van der Waals surface area contributed by atoms with Gasteiger partial charge in [-0.25, -0.2) is 4.79 Å². The first-order chi connectivity index (χ1) is 9.11. The predicted octanol–water partition coefficient (Wildman–Crippen LogP) is 3.98. The van der Waals surface area contributed by atoms with Crippen LogP contribution in [0.5, 0.6) is 0 Å². The van der Waals surface area contributed by atoms with Crippen LogP contribution in [0.4, 0.5) is 10.5 Å². The minimum atomic E-state index is -0.521. The van der Waals surface area contributed by atoms with Crippen molar-refractivity contribution in [3.8, 4) is 11.3 Å². The number of carbonyl (C=O) groups is 1. The number of amides is 1. The molecule has 1 aromatic carbocycles. The third-order valence-corrected chi connectivity index (χ3v) is 3.00. The number of aromatic nitrogens is 1. The van der Waals surface area contributed by atoms with Crippen molar-refractivity contribution in [2.45, 2.75) is 13.8 Å². The molecule has 6 heteroatoms. The molecule has 0 fully saturated rings. The molecule has 0 unspecified atom stereocenters. The fourth-order valence-corrected chi connectivity index (χ4v) is 1.85. The molecule has 5 nitrogen and oxygen atoms in total. The number of carbonyl (C=O) groups excluding carboxylic acids is 1. The Labute approximate surface area is 119 Å². The van der Waals surface area contributed by atoms with Crippen LogP contribution in [0.15, 0.2) is 33.3 Å². The predicted molar refractivity (Wildman–Crippen MR) is 75.0 cm³/mol. The average molecular weight is 325 g/mol. The van der Waals surface area contributed by atoms with E-state index in [-0.39, 0.29) is 0 Å². The van der Waals surface area contributed by atoms with E-state index >= 15 is 0 Å². The number of anilines is 1. The number of hydrogen-bond acceptors (Lipinski definition) is 4. The Morgan fingerprint density at radius 2 is 2.11 bits per heavy atom. The Bertz CT molecular complexity index is 578.